The number of nitrogens with zero attached hydrogens (tertiary/aromatic N) is 2. The molecule has 1 aromatic carbocycles. The second-order valence-electron chi connectivity index (χ2n) is 5.94. The van der Waals surface area contributed by atoms with Gasteiger partial charge in [0.1, 0.15) is 0 Å². The Labute approximate surface area is 150 Å². The van der Waals surface area contributed by atoms with Crippen LogP contribution in [0.2, 0.25) is 0 Å². The van der Waals surface area contributed by atoms with Crippen molar-refractivity contribution in [3.05, 3.63) is 40.3 Å². The van der Waals surface area contributed by atoms with E-state index in [1.165, 1.54) is 17.3 Å². The van der Waals surface area contributed by atoms with Gasteiger partial charge >= 0.3 is 5.69 Å². The summed E-state index contributed by atoms with van der Waals surface area (Å²) in [6.45, 7) is 3.29. The van der Waals surface area contributed by atoms with Gasteiger partial charge in [-0.3, -0.25) is 9.36 Å². The van der Waals surface area contributed by atoms with Gasteiger partial charge in [0, 0.05) is 12.3 Å². The molecule has 2 heterocycles. The Morgan fingerprint density at radius 3 is 2.92 bits per heavy atom. The number of hydrogen-bond acceptors (Lipinski definition) is 5. The first-order chi connectivity index (χ1) is 12.2. The predicted octanol–water partition coefficient (Wildman–Crippen LogP) is 2.04. The van der Waals surface area contributed by atoms with Crippen molar-refractivity contribution in [3.8, 4) is 0 Å². The molecule has 1 aliphatic heterocycles. The molecule has 1 unspecified atom stereocenters. The van der Waals surface area contributed by atoms with Crippen LogP contribution in [0.1, 0.15) is 25.3 Å². The summed E-state index contributed by atoms with van der Waals surface area (Å²) in [7, 11) is 0. The quantitative estimate of drug-likeness (QED) is 0.736. The number of benzene rings is 1. The number of aryl methyl sites for hydroxylation is 1. The number of thioether (sulfide) groups is 1. The Kier molecular flexibility index (Phi) is 5.93. The largest absolute Gasteiger partial charge is 0.376 e. The van der Waals surface area contributed by atoms with Crippen molar-refractivity contribution in [2.75, 3.05) is 17.7 Å². The van der Waals surface area contributed by atoms with Gasteiger partial charge in [-0.2, -0.15) is 0 Å². The van der Waals surface area contributed by atoms with E-state index in [1.807, 2.05) is 24.3 Å². The molecule has 2 aromatic rings. The lowest BCUT2D eigenvalue weighted by Gasteiger charge is -2.11. The van der Waals surface area contributed by atoms with E-state index >= 15 is 0 Å². The van der Waals surface area contributed by atoms with Crippen molar-refractivity contribution < 1.29 is 9.53 Å². The Hall–Kier alpha value is -2.06. The molecule has 25 heavy (non-hydrogen) atoms. The Balaban J connectivity index is 1.55. The fourth-order valence-corrected chi connectivity index (χ4v) is 3.47. The summed E-state index contributed by atoms with van der Waals surface area (Å²) in [6, 6.07) is 7.78. The van der Waals surface area contributed by atoms with Gasteiger partial charge in [0.05, 0.1) is 18.4 Å². The van der Waals surface area contributed by atoms with Crippen molar-refractivity contribution in [1.82, 2.24) is 14.8 Å². The van der Waals surface area contributed by atoms with E-state index in [2.05, 4.69) is 22.4 Å². The van der Waals surface area contributed by atoms with E-state index in [0.29, 0.717) is 11.7 Å². The third kappa shape index (κ3) is 4.73. The number of carbonyl (C=O) groups is 1. The second-order valence-corrected chi connectivity index (χ2v) is 6.89. The molecule has 7 nitrogen and oxygen atoms in total. The lowest BCUT2D eigenvalue weighted by Crippen LogP contribution is -2.25. The molecule has 0 radical (unpaired) electrons. The van der Waals surface area contributed by atoms with Gasteiger partial charge in [0.2, 0.25) is 5.91 Å². The van der Waals surface area contributed by atoms with Crippen molar-refractivity contribution in [2.45, 2.75) is 44.0 Å². The van der Waals surface area contributed by atoms with Crippen LogP contribution in [0.15, 0.2) is 34.2 Å². The third-order valence-corrected chi connectivity index (χ3v) is 5.09. The van der Waals surface area contributed by atoms with Gasteiger partial charge in [0.25, 0.3) is 0 Å². The molecule has 8 heteroatoms. The molecule has 3 rings (SSSR count). The van der Waals surface area contributed by atoms with Crippen molar-refractivity contribution in [2.24, 2.45) is 0 Å². The summed E-state index contributed by atoms with van der Waals surface area (Å²) in [6.07, 6.45) is 2.96. The second kappa shape index (κ2) is 8.35. The van der Waals surface area contributed by atoms with Crippen LogP contribution in [0.4, 0.5) is 5.69 Å². The number of carbonyl (C=O) groups excluding carboxylic acids is 1. The van der Waals surface area contributed by atoms with Crippen molar-refractivity contribution >= 4 is 23.4 Å². The van der Waals surface area contributed by atoms with Gasteiger partial charge in [-0.25, -0.2) is 9.89 Å². The minimum Gasteiger partial charge on any atom is -0.376 e. The first-order valence-electron chi connectivity index (χ1n) is 8.44. The molecule has 1 fully saturated rings. The van der Waals surface area contributed by atoms with Gasteiger partial charge in [-0.15, -0.1) is 5.10 Å². The van der Waals surface area contributed by atoms with E-state index in [4.69, 9.17) is 4.74 Å². The van der Waals surface area contributed by atoms with Gasteiger partial charge in [-0.1, -0.05) is 30.8 Å². The number of H-pyrrole nitrogens is 1. The number of rotatable bonds is 7. The van der Waals surface area contributed by atoms with E-state index in [-0.39, 0.29) is 23.5 Å². The number of nitrogens with one attached hydrogen (secondary N) is 2. The molecule has 1 amide bonds. The molecule has 0 aliphatic carbocycles. The summed E-state index contributed by atoms with van der Waals surface area (Å²) in [5.41, 5.74) is 1.72. The maximum Gasteiger partial charge on any atom is 0.344 e. The molecule has 134 valence electrons. The van der Waals surface area contributed by atoms with Crippen molar-refractivity contribution in [1.29, 1.82) is 0 Å². The molecule has 0 bridgehead atoms. The minimum absolute atomic E-state index is 0.0422. The molecule has 1 aliphatic rings. The SMILES string of the molecule is CCc1ccc(NC(=O)CSc2n[nH]c(=O)n2CC2CCCO2)cc1. The number of ether oxygens (including phenoxy) is 1. The van der Waals surface area contributed by atoms with Crippen LogP contribution in [0.25, 0.3) is 0 Å². The fraction of sp³-hybridized carbons (Fsp3) is 0.471. The Morgan fingerprint density at radius 2 is 2.24 bits per heavy atom. The molecule has 2 N–H and O–H groups in total. The fourth-order valence-electron chi connectivity index (χ4n) is 2.72. The summed E-state index contributed by atoms with van der Waals surface area (Å²) < 4.78 is 7.12. The molecular formula is C17H22N4O3S. The van der Waals surface area contributed by atoms with Gasteiger partial charge in [-0.05, 0) is 37.0 Å². The van der Waals surface area contributed by atoms with E-state index in [1.54, 1.807) is 4.57 Å². The maximum absolute atomic E-state index is 12.1. The minimum atomic E-state index is -0.270. The zero-order chi connectivity index (χ0) is 17.6. The number of hydrogen-bond donors (Lipinski definition) is 2. The highest BCUT2D eigenvalue weighted by atomic mass is 32.2. The molecule has 0 spiro atoms. The highest BCUT2D eigenvalue weighted by molar-refractivity contribution is 7.99. The topological polar surface area (TPSA) is 89.0 Å². The lowest BCUT2D eigenvalue weighted by atomic mass is 10.1. The third-order valence-electron chi connectivity index (χ3n) is 4.11. The average molecular weight is 362 g/mol. The number of aromatic nitrogens is 3. The smallest absolute Gasteiger partial charge is 0.344 e. The predicted molar refractivity (Wildman–Crippen MR) is 97.0 cm³/mol. The molecule has 0 saturated carbocycles. The van der Waals surface area contributed by atoms with Crippen molar-refractivity contribution in [3.63, 3.8) is 0 Å². The van der Waals surface area contributed by atoms with E-state index in [9.17, 15) is 9.59 Å². The maximum atomic E-state index is 12.1. The summed E-state index contributed by atoms with van der Waals surface area (Å²) in [4.78, 5) is 24.0. The molecule has 1 atom stereocenters. The van der Waals surface area contributed by atoms with Gasteiger partial charge < -0.3 is 10.1 Å². The van der Waals surface area contributed by atoms with E-state index < -0.39 is 0 Å². The monoisotopic (exact) mass is 362 g/mol. The molecule has 1 aromatic heterocycles. The Bertz CT molecular complexity index is 763. The van der Waals surface area contributed by atoms with Crippen LogP contribution in [-0.4, -0.2) is 39.1 Å². The van der Waals surface area contributed by atoms with Crippen LogP contribution in [0.5, 0.6) is 0 Å². The number of anilines is 1. The first-order valence-corrected chi connectivity index (χ1v) is 9.42. The van der Waals surface area contributed by atoms with Crippen LogP contribution in [-0.2, 0) is 22.5 Å². The standard InChI is InChI=1S/C17H22N4O3S/c1-2-12-5-7-13(8-6-12)18-15(22)11-25-17-20-19-16(23)21(17)10-14-4-3-9-24-14/h5-8,14H,2-4,9-11H2,1H3,(H,18,22)(H,19,23). The normalized spacial score (nSPS) is 16.9. The van der Waals surface area contributed by atoms with Crippen LogP contribution >= 0.6 is 11.8 Å². The molecule has 1 saturated heterocycles. The summed E-state index contributed by atoms with van der Waals surface area (Å²) in [5, 5.41) is 9.82. The number of aromatic amines is 1. The zero-order valence-corrected chi connectivity index (χ0v) is 15.0. The Morgan fingerprint density at radius 1 is 1.44 bits per heavy atom. The first kappa shape index (κ1) is 17.8. The number of amides is 1. The van der Waals surface area contributed by atoms with Crippen LogP contribution in [0.3, 0.4) is 0 Å². The van der Waals surface area contributed by atoms with Gasteiger partial charge in [0.15, 0.2) is 5.16 Å². The average Bonchev–Trinajstić information content (AvgIpc) is 3.25. The van der Waals surface area contributed by atoms with Crippen LogP contribution in [0, 0.1) is 0 Å². The highest BCUT2D eigenvalue weighted by Gasteiger charge is 2.20. The van der Waals surface area contributed by atoms with E-state index in [0.717, 1.165) is 31.6 Å². The lowest BCUT2D eigenvalue weighted by molar-refractivity contribution is -0.113. The highest BCUT2D eigenvalue weighted by Crippen LogP contribution is 2.18. The zero-order valence-electron chi connectivity index (χ0n) is 14.2. The van der Waals surface area contributed by atoms with Crippen LogP contribution < -0.4 is 11.0 Å². The molecular weight excluding hydrogens is 340 g/mol. The summed E-state index contributed by atoms with van der Waals surface area (Å²) >= 11 is 1.24. The summed E-state index contributed by atoms with van der Waals surface area (Å²) in [5.74, 6) is 0.0547.